The molecule has 0 bridgehead atoms. The molecule has 2 aromatic heterocycles. The highest BCUT2D eigenvalue weighted by Crippen LogP contribution is 2.02. The van der Waals surface area contributed by atoms with Crippen LogP contribution in [0.1, 0.15) is 25.0 Å². The van der Waals surface area contributed by atoms with Crippen LogP contribution in [-0.2, 0) is 20.1 Å². The van der Waals surface area contributed by atoms with Gasteiger partial charge in [0.05, 0.1) is 13.1 Å². The van der Waals surface area contributed by atoms with Crippen molar-refractivity contribution in [1.82, 2.24) is 29.6 Å². The minimum atomic E-state index is 0.708. The van der Waals surface area contributed by atoms with Gasteiger partial charge in [0.25, 0.3) is 0 Å². The first-order valence-electron chi connectivity index (χ1n) is 5.85. The Morgan fingerprint density at radius 1 is 1.35 bits per heavy atom. The van der Waals surface area contributed by atoms with E-state index in [2.05, 4.69) is 32.0 Å². The molecule has 6 heteroatoms. The molecule has 0 aliphatic carbocycles. The molecule has 6 nitrogen and oxygen atoms in total. The van der Waals surface area contributed by atoms with Crippen LogP contribution in [0.5, 0.6) is 0 Å². The van der Waals surface area contributed by atoms with Crippen molar-refractivity contribution in [2.45, 2.75) is 26.4 Å². The maximum absolute atomic E-state index is 4.34. The normalized spacial score (nSPS) is 10.9. The van der Waals surface area contributed by atoms with Gasteiger partial charge in [-0.1, -0.05) is 6.92 Å². The van der Waals surface area contributed by atoms with Crippen LogP contribution in [0.25, 0.3) is 0 Å². The monoisotopic (exact) mass is 234 g/mol. The van der Waals surface area contributed by atoms with Gasteiger partial charge in [-0.3, -0.25) is 0 Å². The average Bonchev–Trinajstić information content (AvgIpc) is 2.91. The number of nitrogens with zero attached hydrogens (tertiary/aromatic N) is 5. The first kappa shape index (κ1) is 11.8. The van der Waals surface area contributed by atoms with Gasteiger partial charge in [-0.05, 0) is 13.0 Å². The van der Waals surface area contributed by atoms with Crippen LogP contribution in [0.4, 0.5) is 0 Å². The van der Waals surface area contributed by atoms with Crippen LogP contribution in [0.2, 0.25) is 0 Å². The minimum absolute atomic E-state index is 0.708. The first-order chi connectivity index (χ1) is 8.31. The summed E-state index contributed by atoms with van der Waals surface area (Å²) in [4.78, 5) is 4.34. The number of aryl methyl sites for hydroxylation is 1. The number of imidazole rings is 1. The Hall–Kier alpha value is -1.69. The van der Waals surface area contributed by atoms with E-state index in [4.69, 9.17) is 0 Å². The molecule has 0 fully saturated rings. The standard InChI is InChI=1S/C11H18N6/c1-3-4-12-7-10-13-5-6-17(10)8-11-15-14-9-16(11)2/h5-6,9,12H,3-4,7-8H2,1-2H3. The number of hydrogen-bond donors (Lipinski definition) is 1. The summed E-state index contributed by atoms with van der Waals surface area (Å²) in [5.41, 5.74) is 0. The zero-order valence-corrected chi connectivity index (χ0v) is 10.3. The second-order valence-corrected chi connectivity index (χ2v) is 4.01. The number of rotatable bonds is 6. The van der Waals surface area contributed by atoms with Crippen LogP contribution in [0.3, 0.4) is 0 Å². The van der Waals surface area contributed by atoms with Gasteiger partial charge in [0.2, 0.25) is 0 Å². The summed E-state index contributed by atoms with van der Waals surface area (Å²) in [5, 5.41) is 11.3. The lowest BCUT2D eigenvalue weighted by Crippen LogP contribution is -2.18. The molecule has 1 N–H and O–H groups in total. The van der Waals surface area contributed by atoms with E-state index >= 15 is 0 Å². The molecule has 0 amide bonds. The largest absolute Gasteiger partial charge is 0.326 e. The van der Waals surface area contributed by atoms with Crippen LogP contribution in [-0.4, -0.2) is 30.9 Å². The predicted molar refractivity (Wildman–Crippen MR) is 64.3 cm³/mol. The second kappa shape index (κ2) is 5.58. The van der Waals surface area contributed by atoms with E-state index in [1.807, 2.05) is 24.0 Å². The molecule has 0 aliphatic heterocycles. The van der Waals surface area contributed by atoms with Crippen molar-refractivity contribution in [2.75, 3.05) is 6.54 Å². The van der Waals surface area contributed by atoms with Crippen molar-refractivity contribution < 1.29 is 0 Å². The molecule has 0 saturated heterocycles. The van der Waals surface area contributed by atoms with Gasteiger partial charge in [-0.2, -0.15) is 0 Å². The van der Waals surface area contributed by atoms with Crippen molar-refractivity contribution in [3.05, 3.63) is 30.4 Å². The number of nitrogens with one attached hydrogen (secondary N) is 1. The first-order valence-corrected chi connectivity index (χ1v) is 5.85. The fourth-order valence-corrected chi connectivity index (χ4v) is 1.63. The molecule has 0 atom stereocenters. The fourth-order valence-electron chi connectivity index (χ4n) is 1.63. The van der Waals surface area contributed by atoms with E-state index in [1.54, 1.807) is 6.33 Å². The molecule has 0 aliphatic rings. The molecule has 0 unspecified atom stereocenters. The molecule has 0 aromatic carbocycles. The zero-order chi connectivity index (χ0) is 12.1. The molecule has 2 heterocycles. The quantitative estimate of drug-likeness (QED) is 0.742. The number of hydrogen-bond acceptors (Lipinski definition) is 4. The Morgan fingerprint density at radius 2 is 2.24 bits per heavy atom. The lowest BCUT2D eigenvalue weighted by atomic mass is 10.4. The number of aromatic nitrogens is 5. The molecular formula is C11H18N6. The Kier molecular flexibility index (Phi) is 3.87. The zero-order valence-electron chi connectivity index (χ0n) is 10.3. The van der Waals surface area contributed by atoms with Crippen LogP contribution < -0.4 is 5.32 Å². The molecule has 0 spiro atoms. The van der Waals surface area contributed by atoms with E-state index in [-0.39, 0.29) is 0 Å². The molecule has 2 rings (SSSR count). The summed E-state index contributed by atoms with van der Waals surface area (Å²) < 4.78 is 4.01. The third-order valence-corrected chi connectivity index (χ3v) is 2.63. The molecular weight excluding hydrogens is 216 g/mol. The van der Waals surface area contributed by atoms with Gasteiger partial charge in [-0.25, -0.2) is 4.98 Å². The molecule has 17 heavy (non-hydrogen) atoms. The van der Waals surface area contributed by atoms with Crippen molar-refractivity contribution in [3.8, 4) is 0 Å². The van der Waals surface area contributed by atoms with Gasteiger partial charge < -0.3 is 14.5 Å². The Bertz CT molecular complexity index is 458. The summed E-state index contributed by atoms with van der Waals surface area (Å²) in [7, 11) is 1.95. The van der Waals surface area contributed by atoms with E-state index in [0.717, 1.165) is 31.2 Å². The molecule has 2 aromatic rings. The average molecular weight is 234 g/mol. The molecule has 92 valence electrons. The van der Waals surface area contributed by atoms with Gasteiger partial charge in [0.1, 0.15) is 12.2 Å². The van der Waals surface area contributed by atoms with Crippen LogP contribution in [0.15, 0.2) is 18.7 Å². The van der Waals surface area contributed by atoms with Gasteiger partial charge in [0, 0.05) is 19.4 Å². The smallest absolute Gasteiger partial charge is 0.152 e. The highest BCUT2D eigenvalue weighted by Gasteiger charge is 2.06. The van der Waals surface area contributed by atoms with Gasteiger partial charge in [0.15, 0.2) is 5.82 Å². The molecule has 0 saturated carbocycles. The van der Waals surface area contributed by atoms with Crippen molar-refractivity contribution in [2.24, 2.45) is 7.05 Å². The van der Waals surface area contributed by atoms with Crippen molar-refractivity contribution >= 4 is 0 Å². The van der Waals surface area contributed by atoms with Crippen molar-refractivity contribution in [1.29, 1.82) is 0 Å². The van der Waals surface area contributed by atoms with Crippen molar-refractivity contribution in [3.63, 3.8) is 0 Å². The third kappa shape index (κ3) is 2.91. The highest BCUT2D eigenvalue weighted by atomic mass is 15.3. The lowest BCUT2D eigenvalue weighted by Gasteiger charge is -2.07. The highest BCUT2D eigenvalue weighted by molar-refractivity contribution is 4.97. The Balaban J connectivity index is 2.01. The Labute approximate surface area is 101 Å². The third-order valence-electron chi connectivity index (χ3n) is 2.63. The summed E-state index contributed by atoms with van der Waals surface area (Å²) in [6.45, 7) is 4.66. The van der Waals surface area contributed by atoms with E-state index in [9.17, 15) is 0 Å². The predicted octanol–water partition coefficient (Wildman–Crippen LogP) is 0.559. The summed E-state index contributed by atoms with van der Waals surface area (Å²) >= 11 is 0. The SMILES string of the molecule is CCCNCc1nccn1Cc1nncn1C. The second-order valence-electron chi connectivity index (χ2n) is 4.01. The maximum atomic E-state index is 4.34. The topological polar surface area (TPSA) is 60.6 Å². The lowest BCUT2D eigenvalue weighted by molar-refractivity contribution is 0.600. The van der Waals surface area contributed by atoms with E-state index < -0.39 is 0 Å². The van der Waals surface area contributed by atoms with E-state index in [1.165, 1.54) is 0 Å². The van der Waals surface area contributed by atoms with Gasteiger partial charge >= 0.3 is 0 Å². The minimum Gasteiger partial charge on any atom is -0.326 e. The molecule has 0 radical (unpaired) electrons. The summed E-state index contributed by atoms with van der Waals surface area (Å²) in [6.07, 6.45) is 6.63. The van der Waals surface area contributed by atoms with Crippen LogP contribution >= 0.6 is 0 Å². The maximum Gasteiger partial charge on any atom is 0.152 e. The van der Waals surface area contributed by atoms with Gasteiger partial charge in [-0.15, -0.1) is 10.2 Å². The Morgan fingerprint density at radius 3 is 2.94 bits per heavy atom. The van der Waals surface area contributed by atoms with E-state index in [0.29, 0.717) is 6.54 Å². The summed E-state index contributed by atoms with van der Waals surface area (Å²) in [5.74, 6) is 1.96. The fraction of sp³-hybridized carbons (Fsp3) is 0.545. The van der Waals surface area contributed by atoms with Crippen LogP contribution in [0, 0.1) is 0 Å². The summed E-state index contributed by atoms with van der Waals surface area (Å²) in [6, 6.07) is 0.